The van der Waals surface area contributed by atoms with Crippen LogP contribution in [0.4, 0.5) is 0 Å². The number of aliphatic carboxylic acids is 3. The van der Waals surface area contributed by atoms with Crippen molar-refractivity contribution in [1.82, 2.24) is 19.6 Å². The first-order chi connectivity index (χ1) is 18.4. The van der Waals surface area contributed by atoms with Crippen LogP contribution in [0.1, 0.15) is 31.9 Å². The third kappa shape index (κ3) is 12.1. The second-order valence-corrected chi connectivity index (χ2v) is 11.0. The van der Waals surface area contributed by atoms with Gasteiger partial charge in [-0.25, -0.2) is 0 Å². The van der Waals surface area contributed by atoms with E-state index < -0.39 is 17.9 Å². The van der Waals surface area contributed by atoms with Crippen molar-refractivity contribution in [1.29, 1.82) is 0 Å². The Morgan fingerprint density at radius 3 is 1.87 bits per heavy atom. The van der Waals surface area contributed by atoms with Gasteiger partial charge in [0.1, 0.15) is 6.73 Å². The predicted octanol–water partition coefficient (Wildman–Crippen LogP) is 0.501. The van der Waals surface area contributed by atoms with Gasteiger partial charge in [-0.3, -0.25) is 38.8 Å². The minimum atomic E-state index is -1.01. The van der Waals surface area contributed by atoms with Gasteiger partial charge in [0.15, 0.2) is 0 Å². The second kappa shape index (κ2) is 15.5. The van der Waals surface area contributed by atoms with Crippen LogP contribution in [0, 0.1) is 0 Å². The Morgan fingerprint density at radius 2 is 1.33 bits per heavy atom. The maximum atomic E-state index is 11.9. The lowest BCUT2D eigenvalue weighted by Crippen LogP contribution is -2.53. The first kappa shape index (κ1) is 32.2. The molecule has 0 aromatic heterocycles. The van der Waals surface area contributed by atoms with Gasteiger partial charge in [-0.15, -0.1) is 0 Å². The zero-order valence-corrected chi connectivity index (χ0v) is 23.1. The Hall–Kier alpha value is -3.06. The lowest BCUT2D eigenvalue weighted by Gasteiger charge is -2.37. The van der Waals surface area contributed by atoms with E-state index in [1.165, 1.54) is 5.56 Å². The van der Waals surface area contributed by atoms with E-state index in [-0.39, 0.29) is 44.4 Å². The Morgan fingerprint density at radius 1 is 0.821 bits per heavy atom. The number of carboxylic acid groups (broad SMARTS) is 3. The van der Waals surface area contributed by atoms with Crippen molar-refractivity contribution in [2.75, 3.05) is 72.2 Å². The van der Waals surface area contributed by atoms with Crippen LogP contribution in [0.5, 0.6) is 0 Å². The first-order valence-electron chi connectivity index (χ1n) is 13.1. The van der Waals surface area contributed by atoms with Crippen LogP contribution in [0.15, 0.2) is 24.3 Å². The molecule has 1 heterocycles. The molecule has 1 aliphatic heterocycles. The number of hydrogen-bond acceptors (Lipinski definition) is 9. The summed E-state index contributed by atoms with van der Waals surface area (Å²) in [5, 5.41) is 28.7. The number of benzene rings is 1. The number of ether oxygens (including phenoxy) is 1. The smallest absolute Gasteiger partial charge is 0.317 e. The van der Waals surface area contributed by atoms with Crippen molar-refractivity contribution in [2.45, 2.75) is 38.6 Å². The highest BCUT2D eigenvalue weighted by Gasteiger charge is 2.27. The molecule has 218 valence electrons. The summed E-state index contributed by atoms with van der Waals surface area (Å²) in [6, 6.07) is 7.81. The standard InChI is InChI=1S/C27H42N4O8/c1-27(2,3)22-6-4-21(5-7-22)14-23-15-30(17-25(35)36)11-10-29(19-39-20-32)9-8-28(16-24(33)34)12-13-31(23)18-26(37)38/h4-7,20,23H,8-19H2,1-3H3,(H,33,34)(H,35,36)(H,37,38). The monoisotopic (exact) mass is 550 g/mol. The van der Waals surface area contributed by atoms with Gasteiger partial charge in [0.25, 0.3) is 6.47 Å². The van der Waals surface area contributed by atoms with E-state index in [9.17, 15) is 34.5 Å². The fourth-order valence-electron chi connectivity index (χ4n) is 4.68. The van der Waals surface area contributed by atoms with Gasteiger partial charge < -0.3 is 20.1 Å². The average Bonchev–Trinajstić information content (AvgIpc) is 2.83. The van der Waals surface area contributed by atoms with Crippen molar-refractivity contribution in [3.63, 3.8) is 0 Å². The Balaban J connectivity index is 2.40. The molecule has 1 aliphatic rings. The fraction of sp³-hybridized carbons (Fsp3) is 0.630. The van der Waals surface area contributed by atoms with Crippen LogP contribution in [-0.4, -0.2) is 138 Å². The maximum Gasteiger partial charge on any atom is 0.317 e. The van der Waals surface area contributed by atoms with E-state index in [0.717, 1.165) is 5.56 Å². The number of carbonyl (C=O) groups excluding carboxylic acids is 1. The lowest BCUT2D eigenvalue weighted by atomic mass is 9.86. The summed E-state index contributed by atoms with van der Waals surface area (Å²) in [6.45, 7) is 8.37. The summed E-state index contributed by atoms with van der Waals surface area (Å²) in [4.78, 5) is 53.0. The quantitative estimate of drug-likeness (QED) is 0.329. The predicted molar refractivity (Wildman–Crippen MR) is 144 cm³/mol. The topological polar surface area (TPSA) is 151 Å². The first-order valence-corrected chi connectivity index (χ1v) is 13.1. The van der Waals surface area contributed by atoms with Crippen LogP contribution < -0.4 is 0 Å². The van der Waals surface area contributed by atoms with Crippen molar-refractivity contribution >= 4 is 24.4 Å². The van der Waals surface area contributed by atoms with Crippen molar-refractivity contribution in [2.24, 2.45) is 0 Å². The van der Waals surface area contributed by atoms with Crippen LogP contribution in [0.3, 0.4) is 0 Å². The Bertz CT molecular complexity index is 950. The lowest BCUT2D eigenvalue weighted by molar-refractivity contribution is -0.141. The molecule has 0 bridgehead atoms. The SMILES string of the molecule is CC(C)(C)c1ccc(CC2CN(CC(=O)O)CCN(COC=O)CCN(CC(=O)O)CCN2CC(=O)O)cc1. The normalized spacial score (nSPS) is 19.5. The Kier molecular flexibility index (Phi) is 12.8. The van der Waals surface area contributed by atoms with E-state index in [2.05, 4.69) is 32.9 Å². The summed E-state index contributed by atoms with van der Waals surface area (Å²) in [5.74, 6) is -3.00. The molecule has 1 unspecified atom stereocenters. The van der Waals surface area contributed by atoms with E-state index in [4.69, 9.17) is 4.74 Å². The van der Waals surface area contributed by atoms with E-state index >= 15 is 0 Å². The summed E-state index contributed by atoms with van der Waals surface area (Å²) in [5.41, 5.74) is 2.14. The van der Waals surface area contributed by atoms with Gasteiger partial charge >= 0.3 is 17.9 Å². The van der Waals surface area contributed by atoms with Crippen molar-refractivity contribution in [3.8, 4) is 0 Å². The molecule has 1 fully saturated rings. The molecule has 3 N–H and O–H groups in total. The molecule has 0 spiro atoms. The number of hydrogen-bond donors (Lipinski definition) is 3. The minimum absolute atomic E-state index is 0.0000160. The number of rotatable bonds is 11. The largest absolute Gasteiger partial charge is 0.480 e. The zero-order valence-electron chi connectivity index (χ0n) is 23.1. The summed E-state index contributed by atoms with van der Waals surface area (Å²) < 4.78 is 4.93. The van der Waals surface area contributed by atoms with Gasteiger partial charge in [0.2, 0.25) is 0 Å². The van der Waals surface area contributed by atoms with Gasteiger partial charge in [-0.05, 0) is 23.0 Å². The van der Waals surface area contributed by atoms with E-state index in [0.29, 0.717) is 52.2 Å². The number of carbonyl (C=O) groups is 4. The molecule has 39 heavy (non-hydrogen) atoms. The van der Waals surface area contributed by atoms with Gasteiger partial charge in [0, 0.05) is 51.9 Å². The van der Waals surface area contributed by atoms with E-state index in [1.54, 1.807) is 14.7 Å². The molecule has 0 amide bonds. The third-order valence-corrected chi connectivity index (χ3v) is 6.83. The minimum Gasteiger partial charge on any atom is -0.480 e. The molecule has 12 heteroatoms. The van der Waals surface area contributed by atoms with Crippen LogP contribution in [0.2, 0.25) is 0 Å². The zero-order chi connectivity index (χ0) is 29.0. The highest BCUT2D eigenvalue weighted by Crippen LogP contribution is 2.23. The molecule has 1 saturated heterocycles. The number of nitrogens with zero attached hydrogens (tertiary/aromatic N) is 4. The van der Waals surface area contributed by atoms with E-state index in [1.807, 2.05) is 17.0 Å². The molecular formula is C27H42N4O8. The molecule has 1 atom stereocenters. The van der Waals surface area contributed by atoms with Crippen LogP contribution in [0.25, 0.3) is 0 Å². The Labute approximate surface area is 229 Å². The van der Waals surface area contributed by atoms with Gasteiger partial charge in [-0.2, -0.15) is 0 Å². The molecule has 1 aromatic carbocycles. The average molecular weight is 551 g/mol. The second-order valence-electron chi connectivity index (χ2n) is 11.0. The molecule has 0 aliphatic carbocycles. The molecule has 1 aromatic rings. The van der Waals surface area contributed by atoms with Crippen LogP contribution in [-0.2, 0) is 35.8 Å². The molecule has 0 saturated carbocycles. The van der Waals surface area contributed by atoms with Gasteiger partial charge in [-0.1, -0.05) is 45.0 Å². The van der Waals surface area contributed by atoms with Gasteiger partial charge in [0.05, 0.1) is 19.6 Å². The third-order valence-electron chi connectivity index (χ3n) is 6.83. The van der Waals surface area contributed by atoms with Crippen molar-refractivity contribution < 1.29 is 39.2 Å². The summed E-state index contributed by atoms with van der Waals surface area (Å²) in [7, 11) is 0. The summed E-state index contributed by atoms with van der Waals surface area (Å²) >= 11 is 0. The fourth-order valence-corrected chi connectivity index (χ4v) is 4.68. The molecule has 12 nitrogen and oxygen atoms in total. The van der Waals surface area contributed by atoms with Crippen LogP contribution >= 0.6 is 0 Å². The maximum absolute atomic E-state index is 11.9. The summed E-state index contributed by atoms with van der Waals surface area (Å²) in [6.07, 6.45) is 0.491. The highest BCUT2D eigenvalue weighted by atomic mass is 16.5. The number of carboxylic acids is 3. The molecule has 2 rings (SSSR count). The molecule has 0 radical (unpaired) electrons. The van der Waals surface area contributed by atoms with Crippen molar-refractivity contribution in [3.05, 3.63) is 35.4 Å². The highest BCUT2D eigenvalue weighted by molar-refractivity contribution is 5.70. The molecular weight excluding hydrogens is 508 g/mol.